The summed E-state index contributed by atoms with van der Waals surface area (Å²) in [5.74, 6) is 0.529. The van der Waals surface area contributed by atoms with E-state index >= 15 is 0 Å². The molecule has 0 aromatic heterocycles. The largest absolute Gasteiger partial charge is 0.371 e. The first kappa shape index (κ1) is 10.7. The third-order valence-corrected chi connectivity index (χ3v) is 5.71. The number of fused-ring (bicyclic) bond motifs is 1. The molecular formula is C11H16O4S. The standard InChI is InChI=1S/C11H16O4S/c1-6(2)5-14-10-7-3-8-9(4-7)16(12,13)15-11(8)10/h7-11H,1,3-5H2,2H3. The van der Waals surface area contributed by atoms with E-state index < -0.39 is 10.1 Å². The van der Waals surface area contributed by atoms with E-state index in [0.717, 1.165) is 12.0 Å². The summed E-state index contributed by atoms with van der Waals surface area (Å²) in [5.41, 5.74) is 0.958. The van der Waals surface area contributed by atoms with Crippen LogP contribution in [0.1, 0.15) is 19.8 Å². The van der Waals surface area contributed by atoms with Gasteiger partial charge in [-0.2, -0.15) is 8.42 Å². The Bertz CT molecular complexity index is 427. The van der Waals surface area contributed by atoms with Gasteiger partial charge < -0.3 is 4.74 Å². The molecule has 0 aromatic rings. The highest BCUT2D eigenvalue weighted by atomic mass is 32.2. The molecule has 0 spiro atoms. The molecule has 1 heterocycles. The zero-order valence-corrected chi connectivity index (χ0v) is 10.1. The van der Waals surface area contributed by atoms with Crippen molar-refractivity contribution in [2.75, 3.05) is 6.61 Å². The van der Waals surface area contributed by atoms with E-state index in [-0.39, 0.29) is 23.4 Å². The van der Waals surface area contributed by atoms with Crippen molar-refractivity contribution in [1.29, 1.82) is 0 Å². The molecule has 0 radical (unpaired) electrons. The van der Waals surface area contributed by atoms with E-state index in [4.69, 9.17) is 8.92 Å². The van der Waals surface area contributed by atoms with Crippen LogP contribution in [0.4, 0.5) is 0 Å². The summed E-state index contributed by atoms with van der Waals surface area (Å²) in [5, 5.41) is -0.257. The van der Waals surface area contributed by atoms with Gasteiger partial charge in [0.25, 0.3) is 10.1 Å². The van der Waals surface area contributed by atoms with Gasteiger partial charge in [-0.15, -0.1) is 0 Å². The summed E-state index contributed by atoms with van der Waals surface area (Å²) >= 11 is 0. The van der Waals surface area contributed by atoms with Crippen LogP contribution in [-0.2, 0) is 19.0 Å². The summed E-state index contributed by atoms with van der Waals surface area (Å²) in [6, 6.07) is 0. The zero-order chi connectivity index (χ0) is 11.5. The van der Waals surface area contributed by atoms with Gasteiger partial charge in [0.2, 0.25) is 0 Å². The van der Waals surface area contributed by atoms with Crippen LogP contribution in [0.15, 0.2) is 12.2 Å². The Labute approximate surface area is 95.7 Å². The van der Waals surface area contributed by atoms with Gasteiger partial charge in [-0.25, -0.2) is 0 Å². The molecule has 1 saturated heterocycles. The molecule has 5 unspecified atom stereocenters. The van der Waals surface area contributed by atoms with Gasteiger partial charge in [0, 0.05) is 5.92 Å². The Morgan fingerprint density at radius 3 is 2.94 bits per heavy atom. The highest BCUT2D eigenvalue weighted by molar-refractivity contribution is 7.87. The highest BCUT2D eigenvalue weighted by Gasteiger charge is 2.64. The minimum absolute atomic E-state index is 0.0461. The van der Waals surface area contributed by atoms with Gasteiger partial charge in [0.15, 0.2) is 0 Å². The van der Waals surface area contributed by atoms with Crippen LogP contribution in [0, 0.1) is 11.8 Å². The van der Waals surface area contributed by atoms with Crippen LogP contribution in [-0.4, -0.2) is 32.5 Å². The molecule has 3 fully saturated rings. The van der Waals surface area contributed by atoms with Crippen molar-refractivity contribution in [2.45, 2.75) is 37.2 Å². The molecule has 0 N–H and O–H groups in total. The summed E-state index contributed by atoms with van der Waals surface area (Å²) in [6.07, 6.45) is 1.38. The molecule has 3 rings (SSSR count). The Balaban J connectivity index is 1.79. The fourth-order valence-corrected chi connectivity index (χ4v) is 5.23. The molecule has 0 aromatic carbocycles. The molecule has 2 aliphatic carbocycles. The van der Waals surface area contributed by atoms with Crippen LogP contribution in [0.2, 0.25) is 0 Å². The van der Waals surface area contributed by atoms with Gasteiger partial charge in [-0.3, -0.25) is 4.18 Å². The van der Waals surface area contributed by atoms with E-state index in [1.165, 1.54) is 0 Å². The van der Waals surface area contributed by atoms with Crippen molar-refractivity contribution in [1.82, 2.24) is 0 Å². The topological polar surface area (TPSA) is 52.6 Å². The summed E-state index contributed by atoms with van der Waals surface area (Å²) < 4.78 is 34.3. The van der Waals surface area contributed by atoms with E-state index in [0.29, 0.717) is 18.9 Å². The molecule has 0 amide bonds. The third-order valence-electron chi connectivity index (χ3n) is 3.94. The van der Waals surface area contributed by atoms with Crippen molar-refractivity contribution in [2.24, 2.45) is 11.8 Å². The van der Waals surface area contributed by atoms with Gasteiger partial charge in [-0.1, -0.05) is 12.2 Å². The van der Waals surface area contributed by atoms with E-state index in [1.54, 1.807) is 0 Å². The average Bonchev–Trinajstić information content (AvgIpc) is 2.75. The smallest absolute Gasteiger partial charge is 0.270 e. The fraction of sp³-hybridized carbons (Fsp3) is 0.818. The molecule has 2 bridgehead atoms. The fourth-order valence-electron chi connectivity index (χ4n) is 3.35. The average molecular weight is 244 g/mol. The number of hydrogen-bond donors (Lipinski definition) is 0. The normalized spacial score (nSPS) is 47.4. The van der Waals surface area contributed by atoms with E-state index in [1.807, 2.05) is 6.92 Å². The first-order valence-corrected chi connectivity index (χ1v) is 7.14. The molecule has 1 aliphatic heterocycles. The van der Waals surface area contributed by atoms with Gasteiger partial charge >= 0.3 is 0 Å². The number of ether oxygens (including phenoxy) is 1. The lowest BCUT2D eigenvalue weighted by atomic mass is 9.94. The van der Waals surface area contributed by atoms with Crippen molar-refractivity contribution in [3.63, 3.8) is 0 Å². The third kappa shape index (κ3) is 1.38. The van der Waals surface area contributed by atoms with Crippen LogP contribution in [0.25, 0.3) is 0 Å². The molecule has 5 atom stereocenters. The molecular weight excluding hydrogens is 228 g/mol. The van der Waals surface area contributed by atoms with Crippen LogP contribution >= 0.6 is 0 Å². The molecule has 5 heteroatoms. The lowest BCUT2D eigenvalue weighted by Crippen LogP contribution is -2.35. The van der Waals surface area contributed by atoms with Crippen molar-refractivity contribution in [3.05, 3.63) is 12.2 Å². The summed E-state index contributed by atoms with van der Waals surface area (Å²) in [4.78, 5) is 0. The Morgan fingerprint density at radius 2 is 2.25 bits per heavy atom. The lowest BCUT2D eigenvalue weighted by molar-refractivity contribution is -0.0281. The van der Waals surface area contributed by atoms with Crippen molar-refractivity contribution in [3.8, 4) is 0 Å². The van der Waals surface area contributed by atoms with Crippen LogP contribution in [0.5, 0.6) is 0 Å². The lowest BCUT2D eigenvalue weighted by Gasteiger charge is -2.25. The summed E-state index contributed by atoms with van der Waals surface area (Å²) in [7, 11) is -3.31. The maximum atomic E-state index is 11.7. The second-order valence-electron chi connectivity index (χ2n) is 5.22. The second-order valence-corrected chi connectivity index (χ2v) is 7.00. The zero-order valence-electron chi connectivity index (χ0n) is 9.26. The number of hydrogen-bond acceptors (Lipinski definition) is 4. The number of rotatable bonds is 3. The van der Waals surface area contributed by atoms with E-state index in [2.05, 4.69) is 6.58 Å². The Kier molecular flexibility index (Phi) is 2.22. The Hall–Kier alpha value is -0.390. The van der Waals surface area contributed by atoms with Gasteiger partial charge in [0.05, 0.1) is 18.0 Å². The molecule has 3 aliphatic rings. The molecule has 90 valence electrons. The van der Waals surface area contributed by atoms with E-state index in [9.17, 15) is 8.42 Å². The maximum Gasteiger partial charge on any atom is 0.270 e. The Morgan fingerprint density at radius 1 is 1.50 bits per heavy atom. The van der Waals surface area contributed by atoms with Gasteiger partial charge in [0.1, 0.15) is 6.10 Å². The maximum absolute atomic E-state index is 11.7. The quantitative estimate of drug-likeness (QED) is 0.551. The molecule has 4 nitrogen and oxygen atoms in total. The predicted molar refractivity (Wildman–Crippen MR) is 58.3 cm³/mol. The highest BCUT2D eigenvalue weighted by Crippen LogP contribution is 2.55. The van der Waals surface area contributed by atoms with Crippen LogP contribution < -0.4 is 0 Å². The second kappa shape index (κ2) is 3.31. The minimum atomic E-state index is -3.31. The summed E-state index contributed by atoms with van der Waals surface area (Å²) in [6.45, 7) is 6.19. The first-order chi connectivity index (χ1) is 7.49. The van der Waals surface area contributed by atoms with Gasteiger partial charge in [-0.05, 0) is 25.7 Å². The SMILES string of the molecule is C=C(C)COC1C2CC3C1OS(=O)(=O)C3C2. The predicted octanol–water partition coefficient (Wildman–Crippen LogP) is 1.08. The van der Waals surface area contributed by atoms with Crippen LogP contribution in [0.3, 0.4) is 0 Å². The van der Waals surface area contributed by atoms with Crippen molar-refractivity contribution < 1.29 is 17.3 Å². The molecule has 16 heavy (non-hydrogen) atoms. The van der Waals surface area contributed by atoms with Crippen molar-refractivity contribution >= 4 is 10.1 Å². The minimum Gasteiger partial charge on any atom is -0.371 e. The molecule has 2 saturated carbocycles. The first-order valence-electron chi connectivity index (χ1n) is 5.67. The monoisotopic (exact) mass is 244 g/mol.